The lowest BCUT2D eigenvalue weighted by Crippen LogP contribution is -2.30. The zero-order valence-electron chi connectivity index (χ0n) is 67.6. The number of hydrogen-bond acceptors (Lipinski definition) is 15. The van der Waals surface area contributed by atoms with E-state index in [1.54, 1.807) is 0 Å². The molecule has 612 valence electrons. The van der Waals surface area contributed by atoms with Crippen LogP contribution in [0.5, 0.6) is 0 Å². The summed E-state index contributed by atoms with van der Waals surface area (Å²) in [6.07, 6.45) is 66.5. The van der Waals surface area contributed by atoms with E-state index in [0.29, 0.717) is 25.7 Å². The second-order valence-corrected chi connectivity index (χ2v) is 34.1. The molecular weight excluding hydrogens is 1340 g/mol. The van der Waals surface area contributed by atoms with E-state index >= 15 is 0 Å². The SMILES string of the molecule is CCCCCCCCCCCCCCCCCC(=O)O[C@H](COC(=O)CCCCCCCCCCCC)COP(=O)(O)OC[C@H](O)COP(=O)(O)OC[C@@H](COC(=O)CCCCCCCCCCCCCCCCCCC(C)C)OC(=O)CCCCCCCCCCCCCCCCCCC(C)C. The molecule has 0 aromatic rings. The first-order chi connectivity index (χ1) is 49.9. The summed E-state index contributed by atoms with van der Waals surface area (Å²) in [6, 6.07) is 0. The quantitative estimate of drug-likeness (QED) is 0.0222. The first kappa shape index (κ1) is 101. The molecule has 0 aliphatic carbocycles. The van der Waals surface area contributed by atoms with Crippen LogP contribution in [-0.4, -0.2) is 96.7 Å². The number of carbonyl (C=O) groups excluding carboxylic acids is 4. The van der Waals surface area contributed by atoms with E-state index in [0.717, 1.165) is 102 Å². The fourth-order valence-corrected chi connectivity index (χ4v) is 14.6. The van der Waals surface area contributed by atoms with E-state index in [2.05, 4.69) is 41.5 Å². The van der Waals surface area contributed by atoms with E-state index < -0.39 is 97.5 Å². The molecule has 19 heteroatoms. The lowest BCUT2D eigenvalue weighted by molar-refractivity contribution is -0.161. The first-order valence-electron chi connectivity index (χ1n) is 43.5. The minimum atomic E-state index is -4.96. The van der Waals surface area contributed by atoms with Crippen molar-refractivity contribution in [2.24, 2.45) is 11.8 Å². The summed E-state index contributed by atoms with van der Waals surface area (Å²) < 4.78 is 68.8. The van der Waals surface area contributed by atoms with Crippen LogP contribution < -0.4 is 0 Å². The highest BCUT2D eigenvalue weighted by atomic mass is 31.2. The van der Waals surface area contributed by atoms with E-state index in [9.17, 15) is 43.2 Å². The van der Waals surface area contributed by atoms with Gasteiger partial charge in [-0.25, -0.2) is 9.13 Å². The van der Waals surface area contributed by atoms with Crippen LogP contribution in [-0.2, 0) is 65.4 Å². The van der Waals surface area contributed by atoms with E-state index in [4.69, 9.17) is 37.0 Å². The minimum absolute atomic E-state index is 0.108. The van der Waals surface area contributed by atoms with Gasteiger partial charge in [-0.3, -0.25) is 37.3 Å². The molecular formula is C84H164O17P2. The van der Waals surface area contributed by atoms with Crippen LogP contribution in [0, 0.1) is 11.8 Å². The zero-order valence-corrected chi connectivity index (χ0v) is 69.4. The van der Waals surface area contributed by atoms with Crippen molar-refractivity contribution >= 4 is 39.5 Å². The molecule has 0 saturated heterocycles. The van der Waals surface area contributed by atoms with Crippen molar-refractivity contribution in [1.82, 2.24) is 0 Å². The van der Waals surface area contributed by atoms with Gasteiger partial charge in [-0.2, -0.15) is 0 Å². The molecule has 0 saturated carbocycles. The molecule has 0 heterocycles. The number of phosphoric acid groups is 2. The normalized spacial score (nSPS) is 13.9. The first-order valence-corrected chi connectivity index (χ1v) is 46.5. The summed E-state index contributed by atoms with van der Waals surface area (Å²) >= 11 is 0. The van der Waals surface area contributed by atoms with E-state index in [-0.39, 0.29) is 25.7 Å². The van der Waals surface area contributed by atoms with Gasteiger partial charge in [-0.15, -0.1) is 0 Å². The summed E-state index contributed by atoms with van der Waals surface area (Å²) in [5.74, 6) is -0.481. The number of esters is 4. The van der Waals surface area contributed by atoms with Gasteiger partial charge in [0, 0.05) is 25.7 Å². The summed E-state index contributed by atoms with van der Waals surface area (Å²) in [5, 5.41) is 10.7. The molecule has 0 fully saturated rings. The summed E-state index contributed by atoms with van der Waals surface area (Å²) in [5.41, 5.74) is 0. The van der Waals surface area contributed by atoms with Crippen molar-refractivity contribution in [3.8, 4) is 0 Å². The largest absolute Gasteiger partial charge is 0.472 e. The Morgan fingerprint density at radius 2 is 0.447 bits per heavy atom. The Hall–Kier alpha value is -1.94. The molecule has 3 N–H and O–H groups in total. The third-order valence-electron chi connectivity index (χ3n) is 19.7. The van der Waals surface area contributed by atoms with Crippen LogP contribution >= 0.6 is 15.6 Å². The van der Waals surface area contributed by atoms with Crippen LogP contribution in [0.3, 0.4) is 0 Å². The number of unbranched alkanes of at least 4 members (excludes halogenated alkanes) is 53. The highest BCUT2D eigenvalue weighted by molar-refractivity contribution is 7.47. The fourth-order valence-electron chi connectivity index (χ4n) is 13.1. The lowest BCUT2D eigenvalue weighted by Gasteiger charge is -2.21. The molecule has 2 unspecified atom stereocenters. The Morgan fingerprint density at radius 1 is 0.262 bits per heavy atom. The molecule has 5 atom stereocenters. The molecule has 0 rings (SSSR count). The Morgan fingerprint density at radius 3 is 0.660 bits per heavy atom. The smallest absolute Gasteiger partial charge is 0.462 e. The Bertz CT molecular complexity index is 1980. The van der Waals surface area contributed by atoms with Crippen molar-refractivity contribution in [1.29, 1.82) is 0 Å². The molecule has 0 spiro atoms. The van der Waals surface area contributed by atoms with Gasteiger partial charge in [0.15, 0.2) is 12.2 Å². The second-order valence-electron chi connectivity index (χ2n) is 31.2. The van der Waals surface area contributed by atoms with Crippen molar-refractivity contribution in [2.45, 2.75) is 464 Å². The predicted molar refractivity (Wildman–Crippen MR) is 423 cm³/mol. The summed E-state index contributed by atoms with van der Waals surface area (Å²) in [7, 11) is -9.92. The van der Waals surface area contributed by atoms with Gasteiger partial charge >= 0.3 is 39.5 Å². The number of phosphoric ester groups is 2. The van der Waals surface area contributed by atoms with Gasteiger partial charge in [0.25, 0.3) is 0 Å². The van der Waals surface area contributed by atoms with Crippen LogP contribution in [0.1, 0.15) is 446 Å². The zero-order chi connectivity index (χ0) is 75.6. The predicted octanol–water partition coefficient (Wildman–Crippen LogP) is 25.5. The van der Waals surface area contributed by atoms with Crippen LogP contribution in [0.2, 0.25) is 0 Å². The number of aliphatic hydroxyl groups excluding tert-OH is 1. The monoisotopic (exact) mass is 1510 g/mol. The van der Waals surface area contributed by atoms with Gasteiger partial charge in [0.05, 0.1) is 26.4 Å². The van der Waals surface area contributed by atoms with Gasteiger partial charge in [-0.05, 0) is 37.5 Å². The highest BCUT2D eigenvalue weighted by Crippen LogP contribution is 2.45. The minimum Gasteiger partial charge on any atom is -0.462 e. The average Bonchev–Trinajstić information content (AvgIpc) is 0.922. The maximum atomic E-state index is 13.1. The Kier molecular flexibility index (Phi) is 74.1. The number of hydrogen-bond donors (Lipinski definition) is 3. The molecule has 0 aliphatic heterocycles. The van der Waals surface area contributed by atoms with Crippen molar-refractivity contribution < 1.29 is 80.2 Å². The maximum absolute atomic E-state index is 13.1. The van der Waals surface area contributed by atoms with Crippen LogP contribution in [0.4, 0.5) is 0 Å². The lowest BCUT2D eigenvalue weighted by atomic mass is 10.0. The summed E-state index contributed by atoms with van der Waals surface area (Å²) in [6.45, 7) is 9.72. The van der Waals surface area contributed by atoms with E-state index in [1.165, 1.54) is 263 Å². The maximum Gasteiger partial charge on any atom is 0.472 e. The van der Waals surface area contributed by atoms with Crippen molar-refractivity contribution in [3.05, 3.63) is 0 Å². The van der Waals surface area contributed by atoms with Gasteiger partial charge in [-0.1, -0.05) is 395 Å². The van der Waals surface area contributed by atoms with Crippen LogP contribution in [0.25, 0.3) is 0 Å². The number of rotatable bonds is 83. The number of ether oxygens (including phenoxy) is 4. The molecule has 0 aliphatic rings. The average molecular weight is 1510 g/mol. The molecule has 0 radical (unpaired) electrons. The van der Waals surface area contributed by atoms with Gasteiger partial charge < -0.3 is 33.8 Å². The summed E-state index contributed by atoms with van der Waals surface area (Å²) in [4.78, 5) is 73.1. The van der Waals surface area contributed by atoms with Crippen LogP contribution in [0.15, 0.2) is 0 Å². The molecule has 17 nitrogen and oxygen atoms in total. The fraction of sp³-hybridized carbons (Fsp3) is 0.952. The highest BCUT2D eigenvalue weighted by Gasteiger charge is 2.30. The van der Waals surface area contributed by atoms with Crippen molar-refractivity contribution in [3.63, 3.8) is 0 Å². The number of aliphatic hydroxyl groups is 1. The molecule has 0 amide bonds. The van der Waals surface area contributed by atoms with Gasteiger partial charge in [0.1, 0.15) is 19.3 Å². The number of carbonyl (C=O) groups is 4. The third kappa shape index (κ3) is 78.0. The Labute approximate surface area is 632 Å². The van der Waals surface area contributed by atoms with Gasteiger partial charge in [0.2, 0.25) is 0 Å². The molecule has 0 bridgehead atoms. The molecule has 103 heavy (non-hydrogen) atoms. The third-order valence-corrected chi connectivity index (χ3v) is 21.6. The standard InChI is InChI=1S/C84H164O17P2/c1-7-9-11-13-15-17-19-20-25-33-38-44-50-56-62-68-83(88)100-79(72-94-81(86)66-60-54-48-42-18-16-14-12-10-8-2)74-98-102(90,91)96-70-78(85)71-97-103(92,93)99-75-80(101-84(89)69-63-57-51-45-39-34-29-24-22-27-31-36-41-47-53-59-65-77(5)6)73-95-82(87)67-61-55-49-43-37-32-28-23-21-26-30-35-40-46-52-58-64-76(3)4/h76-80,85H,7-75H2,1-6H3,(H,90,91)(H,92,93)/t78-,79+,80+/m0/s1. The molecule has 0 aromatic heterocycles. The van der Waals surface area contributed by atoms with E-state index in [1.807, 2.05) is 0 Å². The molecule has 0 aromatic carbocycles. The van der Waals surface area contributed by atoms with Crippen molar-refractivity contribution in [2.75, 3.05) is 39.6 Å². The topological polar surface area (TPSA) is 237 Å². The second kappa shape index (κ2) is 75.5. The Balaban J connectivity index is 5.23.